The standard InChI is InChI=1S/C14H12Cl2O3S/c15-13-10-12(20(16,17)18)6-7-14(13)19-9-8-11-4-2-1-3-5-11/h1-7,10H,8-9H2. The fourth-order valence-electron chi connectivity index (χ4n) is 1.67. The fraction of sp³-hybridized carbons (Fsp3) is 0.143. The Morgan fingerprint density at radius 2 is 1.75 bits per heavy atom. The first-order chi connectivity index (χ1) is 9.47. The van der Waals surface area contributed by atoms with Gasteiger partial charge in [-0.2, -0.15) is 0 Å². The van der Waals surface area contributed by atoms with E-state index in [2.05, 4.69) is 0 Å². The highest BCUT2D eigenvalue weighted by Gasteiger charge is 2.12. The monoisotopic (exact) mass is 330 g/mol. The molecule has 0 saturated heterocycles. The van der Waals surface area contributed by atoms with Crippen molar-refractivity contribution in [2.24, 2.45) is 0 Å². The lowest BCUT2D eigenvalue weighted by atomic mass is 10.2. The minimum absolute atomic E-state index is 0.0421. The SMILES string of the molecule is O=S(=O)(Cl)c1ccc(OCCc2ccccc2)c(Cl)c1. The van der Waals surface area contributed by atoms with Crippen molar-refractivity contribution in [1.82, 2.24) is 0 Å². The summed E-state index contributed by atoms with van der Waals surface area (Å²) < 4.78 is 27.9. The lowest BCUT2D eigenvalue weighted by molar-refractivity contribution is 0.322. The zero-order valence-electron chi connectivity index (χ0n) is 10.4. The van der Waals surface area contributed by atoms with Crippen molar-refractivity contribution >= 4 is 31.3 Å². The number of hydrogen-bond acceptors (Lipinski definition) is 3. The summed E-state index contributed by atoms with van der Waals surface area (Å²) in [6.45, 7) is 0.455. The number of halogens is 2. The molecule has 0 spiro atoms. The van der Waals surface area contributed by atoms with Gasteiger partial charge in [-0.1, -0.05) is 41.9 Å². The molecular weight excluding hydrogens is 319 g/mol. The van der Waals surface area contributed by atoms with Crippen LogP contribution in [0.1, 0.15) is 5.56 Å². The molecule has 2 aromatic carbocycles. The number of rotatable bonds is 5. The molecule has 0 radical (unpaired) electrons. The molecule has 0 unspecified atom stereocenters. The normalized spacial score (nSPS) is 11.3. The fourth-order valence-corrected chi connectivity index (χ4v) is 2.75. The first kappa shape index (κ1) is 15.2. The Morgan fingerprint density at radius 3 is 2.35 bits per heavy atom. The third-order valence-corrected chi connectivity index (χ3v) is 4.32. The maximum absolute atomic E-state index is 11.2. The molecule has 0 N–H and O–H groups in total. The van der Waals surface area contributed by atoms with Crippen molar-refractivity contribution in [3.8, 4) is 5.75 Å². The first-order valence-corrected chi connectivity index (χ1v) is 8.56. The molecule has 0 heterocycles. The van der Waals surface area contributed by atoms with Crippen LogP contribution in [-0.2, 0) is 15.5 Å². The van der Waals surface area contributed by atoms with Crippen LogP contribution < -0.4 is 4.74 Å². The average molecular weight is 331 g/mol. The van der Waals surface area contributed by atoms with E-state index < -0.39 is 9.05 Å². The summed E-state index contributed by atoms with van der Waals surface area (Å²) in [5.41, 5.74) is 1.16. The lowest BCUT2D eigenvalue weighted by Crippen LogP contribution is -2.02. The van der Waals surface area contributed by atoms with Gasteiger partial charge in [-0.3, -0.25) is 0 Å². The summed E-state index contributed by atoms with van der Waals surface area (Å²) in [5.74, 6) is 0.437. The molecule has 0 atom stereocenters. The Balaban J connectivity index is 2.00. The van der Waals surface area contributed by atoms with E-state index in [9.17, 15) is 8.42 Å². The smallest absolute Gasteiger partial charge is 0.261 e. The van der Waals surface area contributed by atoms with Crippen LogP contribution >= 0.6 is 22.3 Å². The molecule has 2 rings (SSSR count). The Bertz CT molecular complexity index is 685. The summed E-state index contributed by atoms with van der Waals surface area (Å²) in [5, 5.41) is 0.222. The highest BCUT2D eigenvalue weighted by molar-refractivity contribution is 8.13. The average Bonchev–Trinajstić information content (AvgIpc) is 2.40. The van der Waals surface area contributed by atoms with E-state index >= 15 is 0 Å². The van der Waals surface area contributed by atoms with Gasteiger partial charge in [-0.05, 0) is 23.8 Å². The van der Waals surface area contributed by atoms with Crippen LogP contribution in [0.5, 0.6) is 5.75 Å². The summed E-state index contributed by atoms with van der Waals surface area (Å²) in [7, 11) is 1.47. The van der Waals surface area contributed by atoms with Crippen LogP contribution in [0.3, 0.4) is 0 Å². The van der Waals surface area contributed by atoms with E-state index in [1.165, 1.54) is 18.2 Å². The zero-order chi connectivity index (χ0) is 14.6. The van der Waals surface area contributed by atoms with E-state index in [-0.39, 0.29) is 9.92 Å². The molecule has 0 aliphatic heterocycles. The molecule has 0 fully saturated rings. The molecule has 106 valence electrons. The van der Waals surface area contributed by atoms with Crippen LogP contribution in [-0.4, -0.2) is 15.0 Å². The van der Waals surface area contributed by atoms with Gasteiger partial charge in [0.1, 0.15) is 5.75 Å². The summed E-state index contributed by atoms with van der Waals surface area (Å²) >= 11 is 5.97. The molecule has 20 heavy (non-hydrogen) atoms. The molecule has 0 aliphatic carbocycles. The van der Waals surface area contributed by atoms with Gasteiger partial charge < -0.3 is 4.74 Å². The molecule has 0 aliphatic rings. The highest BCUT2D eigenvalue weighted by atomic mass is 35.7. The van der Waals surface area contributed by atoms with Crippen LogP contribution in [0.15, 0.2) is 53.4 Å². The predicted molar refractivity (Wildman–Crippen MR) is 80.1 cm³/mol. The molecule has 6 heteroatoms. The molecule has 0 amide bonds. The van der Waals surface area contributed by atoms with Crippen molar-refractivity contribution in [2.45, 2.75) is 11.3 Å². The minimum Gasteiger partial charge on any atom is -0.492 e. The van der Waals surface area contributed by atoms with E-state index in [1.807, 2.05) is 30.3 Å². The number of hydrogen-bond donors (Lipinski definition) is 0. The van der Waals surface area contributed by atoms with Crippen molar-refractivity contribution in [3.05, 3.63) is 59.1 Å². The van der Waals surface area contributed by atoms with Gasteiger partial charge >= 0.3 is 0 Å². The Hall–Kier alpha value is -1.23. The van der Waals surface area contributed by atoms with Crippen LogP contribution in [0.25, 0.3) is 0 Å². The third-order valence-electron chi connectivity index (χ3n) is 2.68. The van der Waals surface area contributed by atoms with E-state index in [0.29, 0.717) is 12.4 Å². The maximum atomic E-state index is 11.2. The first-order valence-electron chi connectivity index (χ1n) is 5.88. The van der Waals surface area contributed by atoms with Gasteiger partial charge in [0, 0.05) is 17.1 Å². The molecule has 0 aromatic heterocycles. The summed E-state index contributed by atoms with van der Waals surface area (Å²) in [6.07, 6.45) is 0.743. The molecule has 0 saturated carbocycles. The molecular formula is C14H12Cl2O3S. The predicted octanol–water partition coefficient (Wildman–Crippen LogP) is 3.89. The van der Waals surface area contributed by atoms with Gasteiger partial charge in [-0.15, -0.1) is 0 Å². The topological polar surface area (TPSA) is 43.4 Å². The Labute approximate surface area is 127 Å². The second kappa shape index (κ2) is 6.48. The van der Waals surface area contributed by atoms with Crippen molar-refractivity contribution in [3.63, 3.8) is 0 Å². The van der Waals surface area contributed by atoms with E-state index in [1.54, 1.807) is 0 Å². The second-order valence-electron chi connectivity index (χ2n) is 4.11. The summed E-state index contributed by atoms with van der Waals surface area (Å²) in [6, 6.07) is 14.0. The summed E-state index contributed by atoms with van der Waals surface area (Å²) in [4.78, 5) is -0.0421. The number of ether oxygens (including phenoxy) is 1. The molecule has 3 nitrogen and oxygen atoms in total. The third kappa shape index (κ3) is 4.13. The largest absolute Gasteiger partial charge is 0.492 e. The van der Waals surface area contributed by atoms with E-state index in [0.717, 1.165) is 12.0 Å². The van der Waals surface area contributed by atoms with Gasteiger partial charge in [0.25, 0.3) is 9.05 Å². The molecule has 0 bridgehead atoms. The Kier molecular flexibility index (Phi) is 4.91. The Morgan fingerprint density at radius 1 is 1.05 bits per heavy atom. The minimum atomic E-state index is -3.77. The second-order valence-corrected chi connectivity index (χ2v) is 7.09. The molecule has 2 aromatic rings. The van der Waals surface area contributed by atoms with Gasteiger partial charge in [0.2, 0.25) is 0 Å². The van der Waals surface area contributed by atoms with Crippen molar-refractivity contribution in [2.75, 3.05) is 6.61 Å². The van der Waals surface area contributed by atoms with Gasteiger partial charge in [0.05, 0.1) is 16.5 Å². The van der Waals surface area contributed by atoms with Crippen LogP contribution in [0, 0.1) is 0 Å². The maximum Gasteiger partial charge on any atom is 0.261 e. The zero-order valence-corrected chi connectivity index (χ0v) is 12.8. The van der Waals surface area contributed by atoms with E-state index in [4.69, 9.17) is 27.0 Å². The quantitative estimate of drug-likeness (QED) is 0.781. The lowest BCUT2D eigenvalue weighted by Gasteiger charge is -2.08. The van der Waals surface area contributed by atoms with Crippen molar-refractivity contribution in [1.29, 1.82) is 0 Å². The van der Waals surface area contributed by atoms with Gasteiger partial charge in [0.15, 0.2) is 0 Å². The highest BCUT2D eigenvalue weighted by Crippen LogP contribution is 2.28. The van der Waals surface area contributed by atoms with Crippen LogP contribution in [0.2, 0.25) is 5.02 Å². The van der Waals surface area contributed by atoms with Crippen molar-refractivity contribution < 1.29 is 13.2 Å². The van der Waals surface area contributed by atoms with Crippen LogP contribution in [0.4, 0.5) is 0 Å². The number of benzene rings is 2. The van der Waals surface area contributed by atoms with Gasteiger partial charge in [-0.25, -0.2) is 8.42 Å².